The van der Waals surface area contributed by atoms with E-state index >= 15 is 0 Å². The summed E-state index contributed by atoms with van der Waals surface area (Å²) < 4.78 is 40.8. The van der Waals surface area contributed by atoms with Gasteiger partial charge in [0.05, 0.1) is 30.5 Å². The van der Waals surface area contributed by atoms with Crippen LogP contribution in [0.2, 0.25) is 0 Å². The number of piperidine rings is 1. The summed E-state index contributed by atoms with van der Waals surface area (Å²) in [6.45, 7) is 8.89. The number of hydrogen-bond acceptors (Lipinski definition) is 4. The van der Waals surface area contributed by atoms with Gasteiger partial charge in [-0.3, -0.25) is 0 Å². The normalized spacial score (nSPS) is 23.6. The minimum atomic E-state index is -1.18. The number of nitrogens with two attached hydrogens (primary N) is 1. The highest BCUT2D eigenvalue weighted by molar-refractivity contribution is 5.57. The number of aromatic amines is 1. The SMILES string of the molecule is C=C(NCC(=C)N1C2CCC1CC(C(N)Cc1cc(F)c(F)cc1F)C2)c1cnc[nH]1. The summed E-state index contributed by atoms with van der Waals surface area (Å²) >= 11 is 0. The van der Waals surface area contributed by atoms with Crippen LogP contribution in [0.3, 0.4) is 0 Å². The maximum atomic E-state index is 14.0. The molecule has 31 heavy (non-hydrogen) atoms. The lowest BCUT2D eigenvalue weighted by Crippen LogP contribution is -2.48. The molecule has 2 saturated heterocycles. The van der Waals surface area contributed by atoms with Crippen LogP contribution in [-0.2, 0) is 6.42 Å². The number of aromatic nitrogens is 2. The van der Waals surface area contributed by atoms with Crippen LogP contribution in [0, 0.1) is 23.4 Å². The molecule has 2 aliphatic heterocycles. The minimum absolute atomic E-state index is 0.132. The van der Waals surface area contributed by atoms with E-state index in [2.05, 4.69) is 33.3 Å². The van der Waals surface area contributed by atoms with Crippen LogP contribution in [0.5, 0.6) is 0 Å². The largest absolute Gasteiger partial charge is 0.378 e. The van der Waals surface area contributed by atoms with E-state index in [0.717, 1.165) is 48.8 Å². The van der Waals surface area contributed by atoms with Gasteiger partial charge in [0.25, 0.3) is 0 Å². The topological polar surface area (TPSA) is 70.0 Å². The van der Waals surface area contributed by atoms with E-state index in [1.165, 1.54) is 0 Å². The third-order valence-electron chi connectivity index (χ3n) is 6.61. The molecule has 4 rings (SSSR count). The van der Waals surface area contributed by atoms with Crippen molar-refractivity contribution in [3.63, 3.8) is 0 Å². The summed E-state index contributed by atoms with van der Waals surface area (Å²) in [4.78, 5) is 9.40. The second-order valence-electron chi connectivity index (χ2n) is 8.61. The zero-order chi connectivity index (χ0) is 22.1. The van der Waals surface area contributed by atoms with E-state index in [-0.39, 0.29) is 23.9 Å². The Hall–Kier alpha value is -2.74. The van der Waals surface area contributed by atoms with Gasteiger partial charge in [-0.15, -0.1) is 0 Å². The highest BCUT2D eigenvalue weighted by Gasteiger charge is 2.42. The molecule has 8 heteroatoms. The zero-order valence-electron chi connectivity index (χ0n) is 17.4. The Balaban J connectivity index is 1.35. The molecule has 0 saturated carbocycles. The number of rotatable bonds is 8. The quantitative estimate of drug-likeness (QED) is 0.558. The average Bonchev–Trinajstić information content (AvgIpc) is 3.36. The molecule has 3 unspecified atom stereocenters. The molecule has 4 N–H and O–H groups in total. The third-order valence-corrected chi connectivity index (χ3v) is 6.61. The molecule has 3 atom stereocenters. The van der Waals surface area contributed by atoms with Crippen LogP contribution in [0.25, 0.3) is 5.70 Å². The molecular formula is C23H28F3N5. The van der Waals surface area contributed by atoms with Crippen LogP contribution >= 0.6 is 0 Å². The van der Waals surface area contributed by atoms with Crippen molar-refractivity contribution in [3.8, 4) is 0 Å². The first kappa shape index (κ1) is 21.5. The van der Waals surface area contributed by atoms with E-state index in [1.807, 2.05) is 0 Å². The van der Waals surface area contributed by atoms with Gasteiger partial charge in [0.15, 0.2) is 11.6 Å². The molecule has 2 fully saturated rings. The molecule has 0 radical (unpaired) electrons. The van der Waals surface area contributed by atoms with E-state index in [4.69, 9.17) is 5.73 Å². The molecule has 2 aromatic rings. The predicted octanol–water partition coefficient (Wildman–Crippen LogP) is 3.71. The van der Waals surface area contributed by atoms with E-state index < -0.39 is 17.5 Å². The number of benzene rings is 1. The molecule has 0 aliphatic carbocycles. The maximum Gasteiger partial charge on any atom is 0.161 e. The second-order valence-corrected chi connectivity index (χ2v) is 8.61. The van der Waals surface area contributed by atoms with Crippen molar-refractivity contribution >= 4 is 5.70 Å². The fourth-order valence-electron chi connectivity index (χ4n) is 5.04. The van der Waals surface area contributed by atoms with Crippen molar-refractivity contribution in [2.75, 3.05) is 6.54 Å². The lowest BCUT2D eigenvalue weighted by atomic mass is 9.82. The average molecular weight is 432 g/mol. The van der Waals surface area contributed by atoms with Crippen molar-refractivity contribution in [1.29, 1.82) is 0 Å². The first-order valence-electron chi connectivity index (χ1n) is 10.6. The van der Waals surface area contributed by atoms with E-state index in [9.17, 15) is 13.2 Å². The van der Waals surface area contributed by atoms with Crippen LogP contribution in [0.15, 0.2) is 43.5 Å². The van der Waals surface area contributed by atoms with Gasteiger partial charge in [0.2, 0.25) is 0 Å². The maximum absolute atomic E-state index is 14.0. The summed E-state index contributed by atoms with van der Waals surface area (Å²) in [6.07, 6.45) is 7.40. The summed E-state index contributed by atoms with van der Waals surface area (Å²) in [5.74, 6) is -2.77. The number of hydrogen-bond donors (Lipinski definition) is 3. The van der Waals surface area contributed by atoms with Gasteiger partial charge in [-0.1, -0.05) is 13.2 Å². The first-order chi connectivity index (χ1) is 14.8. The smallest absolute Gasteiger partial charge is 0.161 e. The van der Waals surface area contributed by atoms with Crippen LogP contribution in [-0.4, -0.2) is 39.5 Å². The Bertz CT molecular complexity index is 944. The van der Waals surface area contributed by atoms with Crippen molar-refractivity contribution in [1.82, 2.24) is 20.2 Å². The van der Waals surface area contributed by atoms with E-state index in [0.29, 0.717) is 24.7 Å². The third kappa shape index (κ3) is 4.49. The first-order valence-corrected chi connectivity index (χ1v) is 10.6. The van der Waals surface area contributed by atoms with Crippen LogP contribution < -0.4 is 11.1 Å². The van der Waals surface area contributed by atoms with E-state index in [1.54, 1.807) is 12.5 Å². The van der Waals surface area contributed by atoms with Gasteiger partial charge in [0, 0.05) is 29.9 Å². The van der Waals surface area contributed by atoms with Gasteiger partial charge in [-0.25, -0.2) is 18.2 Å². The molecular weight excluding hydrogens is 403 g/mol. The molecule has 0 amide bonds. The molecule has 3 heterocycles. The summed E-state index contributed by atoms with van der Waals surface area (Å²) in [7, 11) is 0. The lowest BCUT2D eigenvalue weighted by molar-refractivity contribution is 0.125. The molecule has 1 aromatic heterocycles. The Morgan fingerprint density at radius 1 is 1.16 bits per heavy atom. The highest BCUT2D eigenvalue weighted by atomic mass is 19.2. The number of imidazole rings is 1. The zero-order valence-corrected chi connectivity index (χ0v) is 17.4. The van der Waals surface area contributed by atoms with Crippen molar-refractivity contribution in [2.24, 2.45) is 11.7 Å². The fraction of sp³-hybridized carbons (Fsp3) is 0.435. The second kappa shape index (κ2) is 8.78. The molecule has 0 spiro atoms. The van der Waals surface area contributed by atoms with Crippen molar-refractivity contribution < 1.29 is 13.2 Å². The number of nitrogens with zero attached hydrogens (tertiary/aromatic N) is 2. The Kier molecular flexibility index (Phi) is 6.09. The van der Waals surface area contributed by atoms with Gasteiger partial charge in [-0.2, -0.15) is 0 Å². The highest BCUT2D eigenvalue weighted by Crippen LogP contribution is 2.42. The molecule has 5 nitrogen and oxygen atoms in total. The fourth-order valence-corrected chi connectivity index (χ4v) is 5.04. The Labute approximate surface area is 180 Å². The van der Waals surface area contributed by atoms with Gasteiger partial charge in [0.1, 0.15) is 5.82 Å². The molecule has 1 aromatic carbocycles. The number of nitrogens with one attached hydrogen (secondary N) is 2. The van der Waals surface area contributed by atoms with Crippen molar-refractivity contribution in [3.05, 3.63) is 72.2 Å². The minimum Gasteiger partial charge on any atom is -0.378 e. The van der Waals surface area contributed by atoms with Gasteiger partial charge < -0.3 is 20.9 Å². The number of H-pyrrole nitrogens is 1. The summed E-state index contributed by atoms with van der Waals surface area (Å²) in [6, 6.07) is 1.88. The number of halogens is 3. The Morgan fingerprint density at radius 3 is 2.48 bits per heavy atom. The van der Waals surface area contributed by atoms with Gasteiger partial charge >= 0.3 is 0 Å². The Morgan fingerprint density at radius 2 is 1.84 bits per heavy atom. The molecule has 166 valence electrons. The monoisotopic (exact) mass is 431 g/mol. The van der Waals surface area contributed by atoms with Crippen molar-refractivity contribution in [2.45, 2.75) is 50.2 Å². The summed E-state index contributed by atoms with van der Waals surface area (Å²) in [5, 5.41) is 3.29. The number of fused-ring (bicyclic) bond motifs is 2. The van der Waals surface area contributed by atoms with Crippen LogP contribution in [0.1, 0.15) is 36.9 Å². The summed E-state index contributed by atoms with van der Waals surface area (Å²) in [5.41, 5.74) is 9.14. The lowest BCUT2D eigenvalue weighted by Gasteiger charge is -2.43. The standard InChI is InChI=1S/C23H28F3N5/c1-13(10-29-14(2)23-11-28-12-30-23)31-17-3-4-18(31)6-16(5-17)22(27)8-15-7-20(25)21(26)9-19(15)24/h7,9,11-12,16-18,22,29H,1-6,8,10,27H2,(H,28,30). The molecule has 2 aliphatic rings. The molecule has 2 bridgehead atoms. The van der Waals surface area contributed by atoms with Gasteiger partial charge in [-0.05, 0) is 49.7 Å². The van der Waals surface area contributed by atoms with Crippen LogP contribution in [0.4, 0.5) is 13.2 Å². The predicted molar refractivity (Wildman–Crippen MR) is 114 cm³/mol.